The van der Waals surface area contributed by atoms with Crippen molar-refractivity contribution in [2.45, 2.75) is 13.8 Å². The van der Waals surface area contributed by atoms with Crippen LogP contribution in [0.3, 0.4) is 0 Å². The number of hydrogen-bond donors (Lipinski definition) is 3. The summed E-state index contributed by atoms with van der Waals surface area (Å²) in [4.78, 5) is 21.7. The van der Waals surface area contributed by atoms with Gasteiger partial charge in [0.05, 0.1) is 5.56 Å². The van der Waals surface area contributed by atoms with Crippen LogP contribution < -0.4 is 20.7 Å². The molecular formula is C26H25N5O2. The standard InChI is InChI=1S/C26H25N5O2/c1-3-27-24-17-25(29-18(2)28-24)30-19-13-15-20(16-14-19)31-26(32)22-11-7-8-12-23(22)33-21-9-5-4-6-10-21/h4-17H,3H2,1-2H3,(H,31,32)(H2,27,28,29,30). The van der Waals surface area contributed by atoms with Crippen molar-refractivity contribution >= 4 is 28.9 Å². The van der Waals surface area contributed by atoms with Crippen molar-refractivity contribution in [2.24, 2.45) is 0 Å². The molecule has 1 aromatic heterocycles. The molecular weight excluding hydrogens is 414 g/mol. The number of carbonyl (C=O) groups is 1. The van der Waals surface area contributed by atoms with Gasteiger partial charge in [0.1, 0.15) is 29.0 Å². The van der Waals surface area contributed by atoms with E-state index in [4.69, 9.17) is 4.74 Å². The summed E-state index contributed by atoms with van der Waals surface area (Å²) in [6.45, 7) is 4.65. The molecule has 0 bridgehead atoms. The Morgan fingerprint density at radius 1 is 0.848 bits per heavy atom. The van der Waals surface area contributed by atoms with Crippen molar-refractivity contribution in [3.63, 3.8) is 0 Å². The highest BCUT2D eigenvalue weighted by molar-refractivity contribution is 6.06. The van der Waals surface area contributed by atoms with E-state index in [0.717, 1.165) is 18.1 Å². The smallest absolute Gasteiger partial charge is 0.259 e. The van der Waals surface area contributed by atoms with Gasteiger partial charge in [-0.25, -0.2) is 9.97 Å². The molecule has 0 spiro atoms. The fraction of sp³-hybridized carbons (Fsp3) is 0.115. The Hall–Kier alpha value is -4.39. The SMILES string of the molecule is CCNc1cc(Nc2ccc(NC(=O)c3ccccc3Oc3ccccc3)cc2)nc(C)n1. The third-order valence-electron chi connectivity index (χ3n) is 4.71. The molecule has 3 N–H and O–H groups in total. The summed E-state index contributed by atoms with van der Waals surface area (Å²) in [6, 6.07) is 25.8. The summed E-state index contributed by atoms with van der Waals surface area (Å²) in [5.41, 5.74) is 1.98. The van der Waals surface area contributed by atoms with Crippen molar-refractivity contribution in [1.82, 2.24) is 9.97 Å². The second kappa shape index (κ2) is 10.3. The molecule has 7 nitrogen and oxygen atoms in total. The second-order valence-corrected chi connectivity index (χ2v) is 7.28. The largest absolute Gasteiger partial charge is 0.457 e. The maximum atomic E-state index is 12.9. The molecule has 4 rings (SSSR count). The number of benzene rings is 3. The number of ether oxygens (including phenoxy) is 1. The normalized spacial score (nSPS) is 10.4. The second-order valence-electron chi connectivity index (χ2n) is 7.28. The number of rotatable bonds is 8. The highest BCUT2D eigenvalue weighted by Crippen LogP contribution is 2.26. The van der Waals surface area contributed by atoms with Gasteiger partial charge in [-0.15, -0.1) is 0 Å². The molecule has 0 radical (unpaired) electrons. The number of hydrogen-bond acceptors (Lipinski definition) is 6. The summed E-state index contributed by atoms with van der Waals surface area (Å²) in [5.74, 6) is 3.07. The zero-order valence-electron chi connectivity index (χ0n) is 18.5. The van der Waals surface area contributed by atoms with Crippen molar-refractivity contribution < 1.29 is 9.53 Å². The Bertz CT molecular complexity index is 1230. The van der Waals surface area contributed by atoms with E-state index in [-0.39, 0.29) is 5.91 Å². The Labute approximate surface area is 192 Å². The van der Waals surface area contributed by atoms with E-state index in [9.17, 15) is 4.79 Å². The first-order valence-electron chi connectivity index (χ1n) is 10.7. The molecule has 0 unspecified atom stereocenters. The van der Waals surface area contributed by atoms with E-state index in [1.165, 1.54) is 0 Å². The average Bonchev–Trinajstić information content (AvgIpc) is 2.81. The van der Waals surface area contributed by atoms with Gasteiger partial charge in [0.15, 0.2) is 0 Å². The number of aromatic nitrogens is 2. The molecule has 0 aliphatic rings. The van der Waals surface area contributed by atoms with Gasteiger partial charge in [-0.3, -0.25) is 4.79 Å². The van der Waals surface area contributed by atoms with E-state index >= 15 is 0 Å². The quantitative estimate of drug-likeness (QED) is 0.312. The molecule has 0 fully saturated rings. The lowest BCUT2D eigenvalue weighted by atomic mass is 10.1. The van der Waals surface area contributed by atoms with Crippen LogP contribution in [0.4, 0.5) is 23.0 Å². The van der Waals surface area contributed by atoms with Crippen LogP contribution in [0.2, 0.25) is 0 Å². The lowest BCUT2D eigenvalue weighted by Crippen LogP contribution is -2.13. The third-order valence-corrected chi connectivity index (χ3v) is 4.71. The molecule has 0 aliphatic heterocycles. The Kier molecular flexibility index (Phi) is 6.80. The van der Waals surface area contributed by atoms with Gasteiger partial charge >= 0.3 is 0 Å². The fourth-order valence-corrected chi connectivity index (χ4v) is 3.25. The summed E-state index contributed by atoms with van der Waals surface area (Å²) < 4.78 is 5.90. The van der Waals surface area contributed by atoms with E-state index in [0.29, 0.717) is 34.4 Å². The monoisotopic (exact) mass is 439 g/mol. The summed E-state index contributed by atoms with van der Waals surface area (Å²) in [7, 11) is 0. The molecule has 1 amide bonds. The van der Waals surface area contributed by atoms with E-state index < -0.39 is 0 Å². The van der Waals surface area contributed by atoms with Crippen LogP contribution in [0, 0.1) is 6.92 Å². The molecule has 166 valence electrons. The summed E-state index contributed by atoms with van der Waals surface area (Å²) >= 11 is 0. The minimum absolute atomic E-state index is 0.246. The number of amides is 1. The van der Waals surface area contributed by atoms with Gasteiger partial charge in [-0.05, 0) is 62.4 Å². The molecule has 1 heterocycles. The maximum Gasteiger partial charge on any atom is 0.259 e. The van der Waals surface area contributed by atoms with Gasteiger partial charge in [-0.1, -0.05) is 30.3 Å². The number of anilines is 4. The van der Waals surface area contributed by atoms with Crippen LogP contribution in [0.5, 0.6) is 11.5 Å². The van der Waals surface area contributed by atoms with E-state index in [1.807, 2.05) is 86.6 Å². The van der Waals surface area contributed by atoms with Crippen LogP contribution in [-0.2, 0) is 0 Å². The zero-order chi connectivity index (χ0) is 23.0. The lowest BCUT2D eigenvalue weighted by Gasteiger charge is -2.12. The van der Waals surface area contributed by atoms with Crippen molar-refractivity contribution in [3.05, 3.63) is 96.3 Å². The number of para-hydroxylation sites is 2. The van der Waals surface area contributed by atoms with Gasteiger partial charge in [0, 0.05) is 24.0 Å². The average molecular weight is 440 g/mol. The maximum absolute atomic E-state index is 12.9. The highest BCUT2D eigenvalue weighted by Gasteiger charge is 2.13. The fourth-order valence-electron chi connectivity index (χ4n) is 3.25. The molecule has 0 atom stereocenters. The molecule has 0 saturated heterocycles. The minimum atomic E-state index is -0.246. The molecule has 3 aromatic carbocycles. The van der Waals surface area contributed by atoms with Gasteiger partial charge in [-0.2, -0.15) is 0 Å². The predicted octanol–water partition coefficient (Wildman–Crippen LogP) is 6.01. The molecule has 33 heavy (non-hydrogen) atoms. The molecule has 7 heteroatoms. The number of aryl methyl sites for hydroxylation is 1. The minimum Gasteiger partial charge on any atom is -0.457 e. The van der Waals surface area contributed by atoms with E-state index in [2.05, 4.69) is 25.9 Å². The number of carbonyl (C=O) groups excluding carboxylic acids is 1. The Morgan fingerprint density at radius 3 is 2.27 bits per heavy atom. The van der Waals surface area contributed by atoms with Crippen LogP contribution in [0.1, 0.15) is 23.1 Å². The van der Waals surface area contributed by atoms with Crippen molar-refractivity contribution in [1.29, 1.82) is 0 Å². The highest BCUT2D eigenvalue weighted by atomic mass is 16.5. The molecule has 0 aliphatic carbocycles. The first kappa shape index (κ1) is 21.8. The van der Waals surface area contributed by atoms with Crippen LogP contribution in [0.25, 0.3) is 0 Å². The predicted molar refractivity (Wildman–Crippen MR) is 132 cm³/mol. The van der Waals surface area contributed by atoms with Gasteiger partial charge in [0.25, 0.3) is 5.91 Å². The van der Waals surface area contributed by atoms with Crippen molar-refractivity contribution in [2.75, 3.05) is 22.5 Å². The first-order chi connectivity index (χ1) is 16.1. The summed E-state index contributed by atoms with van der Waals surface area (Å²) in [5, 5.41) is 9.39. The lowest BCUT2D eigenvalue weighted by molar-refractivity contribution is 0.102. The van der Waals surface area contributed by atoms with Gasteiger partial charge < -0.3 is 20.7 Å². The van der Waals surface area contributed by atoms with E-state index in [1.54, 1.807) is 12.1 Å². The third kappa shape index (κ3) is 5.86. The zero-order valence-corrected chi connectivity index (χ0v) is 18.5. The van der Waals surface area contributed by atoms with Gasteiger partial charge in [0.2, 0.25) is 0 Å². The molecule has 4 aromatic rings. The number of nitrogens with one attached hydrogen (secondary N) is 3. The first-order valence-corrected chi connectivity index (χ1v) is 10.7. The van der Waals surface area contributed by atoms with Crippen LogP contribution in [0.15, 0.2) is 84.9 Å². The Balaban J connectivity index is 1.44. The topological polar surface area (TPSA) is 88.2 Å². The Morgan fingerprint density at radius 2 is 1.52 bits per heavy atom. The summed E-state index contributed by atoms with van der Waals surface area (Å²) in [6.07, 6.45) is 0. The molecule has 0 saturated carbocycles. The van der Waals surface area contributed by atoms with Crippen LogP contribution in [-0.4, -0.2) is 22.4 Å². The van der Waals surface area contributed by atoms with Crippen LogP contribution >= 0.6 is 0 Å². The van der Waals surface area contributed by atoms with Crippen molar-refractivity contribution in [3.8, 4) is 11.5 Å². The number of nitrogens with zero attached hydrogens (tertiary/aromatic N) is 2.